The minimum absolute atomic E-state index is 0.0840. The number of halogens is 1. The van der Waals surface area contributed by atoms with E-state index in [1.54, 1.807) is 47.0 Å². The number of hydrogen-bond acceptors (Lipinski definition) is 6. The summed E-state index contributed by atoms with van der Waals surface area (Å²) in [6.45, 7) is 0.539. The van der Waals surface area contributed by atoms with Gasteiger partial charge in [0, 0.05) is 18.7 Å². The van der Waals surface area contributed by atoms with Crippen molar-refractivity contribution in [1.82, 2.24) is 18.7 Å². The van der Waals surface area contributed by atoms with Crippen LogP contribution in [0.15, 0.2) is 64.4 Å². The molecular formula is C23H21ClN4O5. The number of ether oxygens (including phenoxy) is 2. The fourth-order valence-electron chi connectivity index (χ4n) is 3.61. The predicted molar refractivity (Wildman–Crippen MR) is 123 cm³/mol. The molecule has 0 unspecified atom stereocenters. The number of methoxy groups -OCH3 is 2. The van der Waals surface area contributed by atoms with Gasteiger partial charge in [-0.05, 0) is 42.0 Å². The number of esters is 1. The van der Waals surface area contributed by atoms with Crippen molar-refractivity contribution < 1.29 is 14.3 Å². The number of carbonyl (C=O) groups is 1. The Morgan fingerprint density at radius 3 is 2.55 bits per heavy atom. The summed E-state index contributed by atoms with van der Waals surface area (Å²) in [5.74, 6) is -0.453. The van der Waals surface area contributed by atoms with Crippen LogP contribution in [0.1, 0.15) is 15.9 Å². The first-order valence-electron chi connectivity index (χ1n) is 10.1. The second-order valence-electron chi connectivity index (χ2n) is 7.28. The summed E-state index contributed by atoms with van der Waals surface area (Å²) < 4.78 is 14.0. The van der Waals surface area contributed by atoms with Gasteiger partial charge in [0.1, 0.15) is 0 Å². The van der Waals surface area contributed by atoms with Crippen LogP contribution in [0.5, 0.6) is 0 Å². The molecule has 0 saturated heterocycles. The molecule has 0 N–H and O–H groups in total. The lowest BCUT2D eigenvalue weighted by Crippen LogP contribution is -2.41. The Bertz CT molecular complexity index is 1440. The SMILES string of the molecule is COCCn1c(=O)c2c(ncn2Cc2cccc(C(=O)OC)c2)n(-c2ccc(Cl)cc2)c1=O. The van der Waals surface area contributed by atoms with E-state index in [0.717, 1.165) is 10.1 Å². The molecule has 0 radical (unpaired) electrons. The van der Waals surface area contributed by atoms with Crippen molar-refractivity contribution in [3.8, 4) is 5.69 Å². The monoisotopic (exact) mass is 468 g/mol. The molecule has 0 saturated carbocycles. The molecule has 9 nitrogen and oxygen atoms in total. The number of benzene rings is 2. The molecule has 4 aromatic rings. The molecule has 33 heavy (non-hydrogen) atoms. The Kier molecular flexibility index (Phi) is 6.43. The van der Waals surface area contributed by atoms with Gasteiger partial charge in [0.15, 0.2) is 11.2 Å². The van der Waals surface area contributed by atoms with Gasteiger partial charge in [0.05, 0.1) is 37.8 Å². The van der Waals surface area contributed by atoms with Crippen LogP contribution >= 0.6 is 11.6 Å². The van der Waals surface area contributed by atoms with Gasteiger partial charge in [0.25, 0.3) is 5.56 Å². The largest absolute Gasteiger partial charge is 0.465 e. The second-order valence-corrected chi connectivity index (χ2v) is 7.72. The van der Waals surface area contributed by atoms with Gasteiger partial charge in [-0.3, -0.25) is 9.36 Å². The standard InChI is InChI=1S/C23H21ClN4O5/c1-32-11-10-27-21(29)19-20(28(23(27)31)18-8-6-17(24)7-9-18)25-14-26(19)13-15-4-3-5-16(12-15)22(30)33-2/h3-9,12,14H,10-11,13H2,1-2H3. The van der Waals surface area contributed by atoms with E-state index in [1.165, 1.54) is 25.1 Å². The van der Waals surface area contributed by atoms with E-state index in [0.29, 0.717) is 16.3 Å². The molecule has 4 rings (SSSR count). The van der Waals surface area contributed by atoms with Crippen molar-refractivity contribution in [3.63, 3.8) is 0 Å². The molecule has 0 fully saturated rings. The van der Waals surface area contributed by atoms with Gasteiger partial charge in [-0.1, -0.05) is 23.7 Å². The van der Waals surface area contributed by atoms with Crippen LogP contribution in [-0.4, -0.2) is 45.5 Å². The zero-order valence-corrected chi connectivity index (χ0v) is 18.8. The molecule has 0 atom stereocenters. The molecule has 0 amide bonds. The smallest absolute Gasteiger partial charge is 0.337 e. The van der Waals surface area contributed by atoms with E-state index in [-0.39, 0.29) is 30.9 Å². The molecule has 0 aliphatic heterocycles. The van der Waals surface area contributed by atoms with Gasteiger partial charge in [-0.25, -0.2) is 19.1 Å². The predicted octanol–water partition coefficient (Wildman–Crippen LogP) is 2.48. The fraction of sp³-hybridized carbons (Fsp3) is 0.217. The van der Waals surface area contributed by atoms with Crippen molar-refractivity contribution in [2.24, 2.45) is 0 Å². The highest BCUT2D eigenvalue weighted by Crippen LogP contribution is 2.17. The van der Waals surface area contributed by atoms with E-state index in [1.807, 2.05) is 6.07 Å². The zero-order valence-electron chi connectivity index (χ0n) is 18.0. The van der Waals surface area contributed by atoms with Gasteiger partial charge < -0.3 is 14.0 Å². The summed E-state index contributed by atoms with van der Waals surface area (Å²) in [7, 11) is 2.82. The lowest BCUT2D eigenvalue weighted by molar-refractivity contribution is 0.0600. The lowest BCUT2D eigenvalue weighted by Gasteiger charge is -2.13. The number of nitrogens with zero attached hydrogens (tertiary/aromatic N) is 4. The zero-order chi connectivity index (χ0) is 23.5. The van der Waals surface area contributed by atoms with E-state index in [2.05, 4.69) is 4.98 Å². The summed E-state index contributed by atoms with van der Waals surface area (Å²) in [5.41, 5.74) is 1.18. The number of hydrogen-bond donors (Lipinski definition) is 0. The Hall–Kier alpha value is -3.69. The summed E-state index contributed by atoms with van der Waals surface area (Å²) in [6, 6.07) is 13.6. The second kappa shape index (κ2) is 9.43. The highest BCUT2D eigenvalue weighted by molar-refractivity contribution is 6.30. The first kappa shape index (κ1) is 22.5. The van der Waals surface area contributed by atoms with Crippen LogP contribution in [0, 0.1) is 0 Å². The third-order valence-electron chi connectivity index (χ3n) is 5.20. The number of fused-ring (bicyclic) bond motifs is 1. The molecule has 0 aliphatic rings. The maximum Gasteiger partial charge on any atom is 0.337 e. The maximum absolute atomic E-state index is 13.3. The molecular weight excluding hydrogens is 448 g/mol. The van der Waals surface area contributed by atoms with E-state index in [9.17, 15) is 14.4 Å². The van der Waals surface area contributed by atoms with E-state index < -0.39 is 17.2 Å². The Morgan fingerprint density at radius 2 is 1.85 bits per heavy atom. The van der Waals surface area contributed by atoms with Gasteiger partial charge in [0.2, 0.25) is 0 Å². The molecule has 0 bridgehead atoms. The molecule has 2 aromatic carbocycles. The average molecular weight is 469 g/mol. The summed E-state index contributed by atoms with van der Waals surface area (Å²) >= 11 is 6.01. The van der Waals surface area contributed by atoms with Crippen LogP contribution in [0.3, 0.4) is 0 Å². The average Bonchev–Trinajstić information content (AvgIpc) is 3.23. The number of imidazole rings is 1. The summed E-state index contributed by atoms with van der Waals surface area (Å²) in [4.78, 5) is 42.9. The number of rotatable bonds is 7. The van der Waals surface area contributed by atoms with E-state index >= 15 is 0 Å². The summed E-state index contributed by atoms with van der Waals surface area (Å²) in [6.07, 6.45) is 1.50. The lowest BCUT2D eigenvalue weighted by atomic mass is 10.1. The van der Waals surface area contributed by atoms with Crippen LogP contribution in [0.2, 0.25) is 5.02 Å². The van der Waals surface area contributed by atoms with E-state index in [4.69, 9.17) is 21.1 Å². The van der Waals surface area contributed by atoms with Crippen LogP contribution in [0.25, 0.3) is 16.9 Å². The summed E-state index contributed by atoms with van der Waals surface area (Å²) in [5, 5.41) is 0.520. The topological polar surface area (TPSA) is 97.3 Å². The highest BCUT2D eigenvalue weighted by Gasteiger charge is 2.19. The molecule has 2 heterocycles. The third-order valence-corrected chi connectivity index (χ3v) is 5.46. The van der Waals surface area contributed by atoms with Crippen LogP contribution < -0.4 is 11.2 Å². The van der Waals surface area contributed by atoms with Gasteiger partial charge in [-0.15, -0.1) is 0 Å². The molecule has 10 heteroatoms. The minimum Gasteiger partial charge on any atom is -0.465 e. The van der Waals surface area contributed by atoms with Crippen LogP contribution in [0.4, 0.5) is 0 Å². The number of carbonyl (C=O) groups excluding carboxylic acids is 1. The third kappa shape index (κ3) is 4.33. The molecule has 2 aromatic heterocycles. The van der Waals surface area contributed by atoms with Gasteiger partial charge in [-0.2, -0.15) is 0 Å². The van der Waals surface area contributed by atoms with Gasteiger partial charge >= 0.3 is 11.7 Å². The molecule has 0 spiro atoms. The fourth-order valence-corrected chi connectivity index (χ4v) is 3.74. The first-order chi connectivity index (χ1) is 15.9. The maximum atomic E-state index is 13.3. The molecule has 170 valence electrons. The van der Waals surface area contributed by atoms with Crippen molar-refractivity contribution in [1.29, 1.82) is 0 Å². The molecule has 0 aliphatic carbocycles. The Labute approximate surface area is 193 Å². The number of aromatic nitrogens is 4. The quantitative estimate of drug-likeness (QED) is 0.386. The van der Waals surface area contributed by atoms with Crippen molar-refractivity contribution in [2.75, 3.05) is 20.8 Å². The minimum atomic E-state index is -0.523. The normalized spacial score (nSPS) is 11.1. The van der Waals surface area contributed by atoms with Crippen molar-refractivity contribution >= 4 is 28.7 Å². The van der Waals surface area contributed by atoms with Crippen molar-refractivity contribution in [3.05, 3.63) is 91.8 Å². The first-order valence-corrected chi connectivity index (χ1v) is 10.4. The Balaban J connectivity index is 1.91. The van der Waals surface area contributed by atoms with Crippen LogP contribution in [-0.2, 0) is 22.6 Å². The Morgan fingerprint density at radius 1 is 1.09 bits per heavy atom. The highest BCUT2D eigenvalue weighted by atomic mass is 35.5. The van der Waals surface area contributed by atoms with Crippen molar-refractivity contribution in [2.45, 2.75) is 13.1 Å².